The van der Waals surface area contributed by atoms with Crippen LogP contribution >= 0.6 is 23.2 Å². The summed E-state index contributed by atoms with van der Waals surface area (Å²) in [5.41, 5.74) is 9.81. The van der Waals surface area contributed by atoms with Crippen molar-refractivity contribution in [1.29, 1.82) is 0 Å². The topological polar surface area (TPSA) is 167 Å². The van der Waals surface area contributed by atoms with E-state index in [4.69, 9.17) is 58.5 Å². The van der Waals surface area contributed by atoms with Crippen molar-refractivity contribution in [3.8, 4) is 23.0 Å². The van der Waals surface area contributed by atoms with Crippen LogP contribution < -0.4 is 30.3 Å². The van der Waals surface area contributed by atoms with Crippen LogP contribution in [0.2, 0.25) is 82.6 Å². The number of benzene rings is 4. The fourth-order valence-corrected chi connectivity index (χ4v) is 12.7. The number of rotatable bonds is 18. The molecule has 83 heavy (non-hydrogen) atoms. The van der Waals surface area contributed by atoms with Gasteiger partial charge >= 0.3 is 0 Å². The number of hydrogen-bond donors (Lipinski definition) is 4. The first kappa shape index (κ1) is 70.0. The smallest absolute Gasteiger partial charge is 0.269 e. The number of aromatic nitrogens is 2. The van der Waals surface area contributed by atoms with Gasteiger partial charge in [-0.25, -0.2) is 9.69 Å². The largest absolute Gasteiger partial charge is 0.543 e. The molecule has 2 amide bonds. The lowest BCUT2D eigenvalue weighted by Gasteiger charge is -2.40. The first-order valence-corrected chi connectivity index (χ1v) is 40.5. The highest BCUT2D eigenvalue weighted by Crippen LogP contribution is 2.43. The minimum Gasteiger partial charge on any atom is -0.543 e. The van der Waals surface area contributed by atoms with Gasteiger partial charge in [0.1, 0.15) is 23.6 Å². The number of anilines is 2. The van der Waals surface area contributed by atoms with E-state index >= 15 is 0 Å². The van der Waals surface area contributed by atoms with Crippen molar-refractivity contribution in [2.45, 2.75) is 208 Å². The van der Waals surface area contributed by atoms with Gasteiger partial charge in [0.15, 0.2) is 16.6 Å². The quantitative estimate of drug-likeness (QED) is 0.0375. The Hall–Kier alpha value is -5.49. The van der Waals surface area contributed by atoms with Crippen molar-refractivity contribution in [3.05, 3.63) is 128 Å². The predicted octanol–water partition coefficient (Wildman–Crippen LogP) is 18.4. The van der Waals surface area contributed by atoms with E-state index in [2.05, 4.69) is 177 Å². The van der Waals surface area contributed by atoms with Crippen LogP contribution in [0.25, 0.3) is 21.1 Å². The number of amides is 2. The average Bonchev–Trinajstić information content (AvgIpc) is 3.85. The highest BCUT2D eigenvalue weighted by molar-refractivity contribution is 6.75. The van der Waals surface area contributed by atoms with Gasteiger partial charge in [-0.3, -0.25) is 20.4 Å². The number of nitrogens with one attached hydrogen (secondary N) is 4. The maximum Gasteiger partial charge on any atom is 0.269 e. The van der Waals surface area contributed by atoms with E-state index < -0.39 is 63.3 Å². The summed E-state index contributed by atoms with van der Waals surface area (Å²) >= 11 is 12.9. The minimum absolute atomic E-state index is 0.00328. The molecule has 0 aliphatic carbocycles. The van der Waals surface area contributed by atoms with Gasteiger partial charge in [-0.2, -0.15) is 0 Å². The zero-order valence-electron chi connectivity index (χ0n) is 53.6. The number of halogens is 2. The Labute approximate surface area is 510 Å². The number of nitrogens with zero attached hydrogens (tertiary/aromatic N) is 4. The summed E-state index contributed by atoms with van der Waals surface area (Å²) in [6.07, 6.45) is -0.848. The molecular formula is C62H92Cl2N8O7Si4. The molecule has 4 aromatic carbocycles. The SMILES string of the molecule is [C-]#[N+]c1ccc(N[C@@H](C(=O)NNC(=O)c2cccc(O[Si](C)(C)C(C)(C)C)c2)[C@@H](C)O[Si](C)(C)C(C)(C)C)c(C)c1Cl.[C-]#[N+]c1ccc(N[C@@H](c2nnc(-c3cccc(O[Si](C)(C)C(C)(C)C)c3)o2)[C@@H](C)O[Si](C)(C)C(C)(C)C)c(C)c1Cl. The summed E-state index contributed by atoms with van der Waals surface area (Å²) in [6.45, 7) is 65.8. The lowest BCUT2D eigenvalue weighted by atomic mass is 10.1. The second-order valence-electron chi connectivity index (χ2n) is 27.4. The van der Waals surface area contributed by atoms with Crippen molar-refractivity contribution >= 4 is 91.0 Å². The molecular weight excluding hydrogens is 1150 g/mol. The van der Waals surface area contributed by atoms with E-state index in [0.717, 1.165) is 22.6 Å². The van der Waals surface area contributed by atoms with Crippen molar-refractivity contribution in [3.63, 3.8) is 0 Å². The predicted molar refractivity (Wildman–Crippen MR) is 352 cm³/mol. The molecule has 0 saturated heterocycles. The molecule has 0 aliphatic heterocycles. The highest BCUT2D eigenvalue weighted by Gasteiger charge is 2.44. The first-order valence-electron chi connectivity index (χ1n) is 28.1. The fourth-order valence-electron chi connectivity index (χ4n) is 7.39. The van der Waals surface area contributed by atoms with Crippen molar-refractivity contribution in [2.24, 2.45) is 0 Å². The molecule has 1 heterocycles. The summed E-state index contributed by atoms with van der Waals surface area (Å²) in [5, 5.41) is 16.5. The van der Waals surface area contributed by atoms with Crippen LogP contribution in [0.5, 0.6) is 11.5 Å². The number of hydrazine groups is 1. The van der Waals surface area contributed by atoms with E-state index in [9.17, 15) is 9.59 Å². The third-order valence-electron chi connectivity index (χ3n) is 16.9. The van der Waals surface area contributed by atoms with Crippen LogP contribution in [0, 0.1) is 27.0 Å². The monoisotopic (exact) mass is 1240 g/mol. The van der Waals surface area contributed by atoms with Crippen LogP contribution in [-0.4, -0.2) is 73.5 Å². The maximum absolute atomic E-state index is 13.6. The Morgan fingerprint density at radius 3 is 1.47 bits per heavy atom. The molecule has 0 radical (unpaired) electrons. The molecule has 15 nitrogen and oxygen atoms in total. The lowest BCUT2D eigenvalue weighted by molar-refractivity contribution is -0.124. The zero-order valence-corrected chi connectivity index (χ0v) is 59.2. The van der Waals surface area contributed by atoms with Crippen LogP contribution in [0.1, 0.15) is 130 Å². The van der Waals surface area contributed by atoms with Gasteiger partial charge in [0, 0.05) is 22.5 Å². The van der Waals surface area contributed by atoms with Crippen LogP contribution in [0.15, 0.2) is 77.2 Å². The van der Waals surface area contributed by atoms with Gasteiger partial charge in [-0.1, -0.05) is 131 Å². The standard InChI is InChI=1S/C31H47ClN4O4Si2.C31H45ClN4O3Si2/c1-20-24(17-18-25(33-9)26(20)32)34-27(21(2)39-41(10,11)30(3,4)5)29(38)36-35-28(37)22-15-14-16-23(19-22)40-42(12,13)31(6,7)8;1-20-24(17-18-25(33-9)26(20)32)34-27(21(2)38-40(10,11)30(3,4)5)29-36-35-28(37-29)22-15-14-16-23(19-22)39-41(12,13)31(6,7)8/h14-19,21,27,34H,1-8,10-13H3,(H,35,37)(H,36,38);14-19,21,27,34H,1-8,10-13H3/t2*21-,27-/m11/s1. The molecule has 1 aromatic heterocycles. The van der Waals surface area contributed by atoms with Gasteiger partial charge in [-0.15, -0.1) is 10.2 Å². The third kappa shape index (κ3) is 17.8. The fraction of sp³-hybridized carbons (Fsp3) is 0.516. The Balaban J connectivity index is 0.000000356. The van der Waals surface area contributed by atoms with E-state index in [1.54, 1.807) is 43.3 Å². The second kappa shape index (κ2) is 26.8. The van der Waals surface area contributed by atoms with Gasteiger partial charge < -0.3 is 32.8 Å². The summed E-state index contributed by atoms with van der Waals surface area (Å²) in [5.74, 6) is 1.28. The summed E-state index contributed by atoms with van der Waals surface area (Å²) in [4.78, 5) is 33.6. The molecule has 0 bridgehead atoms. The normalized spacial score (nSPS) is 14.1. The molecule has 0 fully saturated rings. The van der Waals surface area contributed by atoms with Crippen LogP contribution in [-0.2, 0) is 13.6 Å². The molecule has 452 valence electrons. The van der Waals surface area contributed by atoms with Gasteiger partial charge in [0.25, 0.3) is 11.8 Å². The maximum atomic E-state index is 13.6. The number of carbonyl (C=O) groups excluding carboxylic acids is 2. The Morgan fingerprint density at radius 1 is 0.578 bits per heavy atom. The van der Waals surface area contributed by atoms with Crippen molar-refractivity contribution in [2.75, 3.05) is 10.6 Å². The molecule has 0 unspecified atom stereocenters. The van der Waals surface area contributed by atoms with E-state index in [1.807, 2.05) is 57.2 Å². The molecule has 21 heteroatoms. The Bertz CT molecular complexity index is 3180. The van der Waals surface area contributed by atoms with E-state index in [-0.39, 0.29) is 26.3 Å². The van der Waals surface area contributed by atoms with E-state index in [0.29, 0.717) is 55.8 Å². The molecule has 0 aliphatic rings. The highest BCUT2D eigenvalue weighted by atomic mass is 35.5. The van der Waals surface area contributed by atoms with Crippen molar-refractivity contribution < 1.29 is 31.7 Å². The van der Waals surface area contributed by atoms with Crippen LogP contribution in [0.4, 0.5) is 22.7 Å². The van der Waals surface area contributed by atoms with Gasteiger partial charge in [0.2, 0.25) is 39.8 Å². The summed E-state index contributed by atoms with van der Waals surface area (Å²) in [6, 6.07) is 20.4. The minimum atomic E-state index is -2.25. The number of hydrogen-bond acceptors (Lipinski definition) is 11. The molecule has 5 rings (SSSR count). The summed E-state index contributed by atoms with van der Waals surface area (Å²) < 4.78 is 32.5. The second-order valence-corrected chi connectivity index (χ2v) is 47.2. The lowest BCUT2D eigenvalue weighted by Crippen LogP contribution is -2.55. The Morgan fingerprint density at radius 2 is 1.01 bits per heavy atom. The molecule has 4 N–H and O–H groups in total. The number of carbonyl (C=O) groups is 2. The third-order valence-corrected chi connectivity index (χ3v) is 35.7. The van der Waals surface area contributed by atoms with Gasteiger partial charge in [0.05, 0.1) is 35.4 Å². The molecule has 5 aromatic rings. The van der Waals surface area contributed by atoms with E-state index in [1.165, 1.54) is 0 Å². The average molecular weight is 1240 g/mol. The first-order chi connectivity index (χ1) is 37.9. The Kier molecular flexibility index (Phi) is 22.6. The molecule has 0 saturated carbocycles. The molecule has 0 spiro atoms. The van der Waals surface area contributed by atoms with Crippen molar-refractivity contribution in [1.82, 2.24) is 21.0 Å². The molecule has 4 atom stereocenters. The summed E-state index contributed by atoms with van der Waals surface area (Å²) in [7, 11) is -8.50. The van der Waals surface area contributed by atoms with Crippen LogP contribution in [0.3, 0.4) is 0 Å². The van der Waals surface area contributed by atoms with Gasteiger partial charge in [-0.05, 0) is 160 Å². The zero-order chi connectivity index (χ0) is 63.2.